The summed E-state index contributed by atoms with van der Waals surface area (Å²) in [4.78, 5) is 37.2. The molecule has 0 heterocycles. The molecule has 0 aromatic carbocycles. The fourth-order valence-corrected chi connectivity index (χ4v) is 8.67. The van der Waals surface area contributed by atoms with Crippen LogP contribution < -0.4 is 0 Å². The van der Waals surface area contributed by atoms with E-state index >= 15 is 0 Å². The van der Waals surface area contributed by atoms with Crippen molar-refractivity contribution in [2.24, 2.45) is 0 Å². The number of aliphatic carboxylic acids is 1. The zero-order valence-corrected chi connectivity index (χ0v) is 44.4. The van der Waals surface area contributed by atoms with Gasteiger partial charge < -0.3 is 23.8 Å². The van der Waals surface area contributed by atoms with Crippen molar-refractivity contribution in [2.75, 3.05) is 41.0 Å². The quantitative estimate of drug-likeness (QED) is 0.0281. The lowest BCUT2D eigenvalue weighted by molar-refractivity contribution is -0.887. The second-order valence-corrected chi connectivity index (χ2v) is 20.5. The summed E-state index contributed by atoms with van der Waals surface area (Å²) in [5.41, 5.74) is 0. The molecule has 8 nitrogen and oxygen atoms in total. The van der Waals surface area contributed by atoms with Crippen LogP contribution in [0, 0.1) is 0 Å². The Balaban J connectivity index is 4.17. The van der Waals surface area contributed by atoms with Crippen molar-refractivity contribution in [3.05, 3.63) is 24.3 Å². The van der Waals surface area contributed by atoms with E-state index in [1.165, 1.54) is 205 Å². The van der Waals surface area contributed by atoms with Crippen molar-refractivity contribution in [3.63, 3.8) is 0 Å². The molecule has 0 fully saturated rings. The van der Waals surface area contributed by atoms with Crippen molar-refractivity contribution in [1.82, 2.24) is 0 Å². The smallest absolute Gasteiger partial charge is 0.362 e. The second kappa shape index (κ2) is 49.2. The minimum atomic E-state index is -0.872. The van der Waals surface area contributed by atoms with E-state index in [1.807, 2.05) is 21.1 Å². The number of nitrogens with zero attached hydrogens (tertiary/aromatic N) is 1. The van der Waals surface area contributed by atoms with Gasteiger partial charge in [0, 0.05) is 19.3 Å². The lowest BCUT2D eigenvalue weighted by atomic mass is 10.0. The molecule has 0 aliphatic rings. The number of esters is 2. The van der Waals surface area contributed by atoms with E-state index in [2.05, 4.69) is 38.2 Å². The first-order chi connectivity index (χ1) is 32.1. The van der Waals surface area contributed by atoms with E-state index in [-0.39, 0.29) is 36.2 Å². The number of quaternary nitrogens is 1. The normalized spacial score (nSPS) is 12.9. The van der Waals surface area contributed by atoms with Crippen LogP contribution in [-0.2, 0) is 28.6 Å². The minimum Gasteiger partial charge on any atom is -0.477 e. The number of ether oxygens (including phenoxy) is 3. The van der Waals surface area contributed by atoms with Crippen LogP contribution in [0.15, 0.2) is 24.3 Å². The molecule has 2 atom stereocenters. The average Bonchev–Trinajstić information content (AvgIpc) is 3.28. The monoisotopic (exact) mass is 933 g/mol. The molecule has 388 valence electrons. The number of allylic oxidation sites excluding steroid dienone is 4. The van der Waals surface area contributed by atoms with Gasteiger partial charge in [-0.05, 0) is 64.2 Å². The van der Waals surface area contributed by atoms with Crippen LogP contribution in [-0.4, -0.2) is 80.6 Å². The molecule has 1 N–H and O–H groups in total. The largest absolute Gasteiger partial charge is 0.477 e. The van der Waals surface area contributed by atoms with Gasteiger partial charge in [-0.25, -0.2) is 4.79 Å². The van der Waals surface area contributed by atoms with E-state index in [4.69, 9.17) is 14.2 Å². The van der Waals surface area contributed by atoms with Crippen molar-refractivity contribution in [3.8, 4) is 0 Å². The average molecular weight is 934 g/mol. The van der Waals surface area contributed by atoms with Gasteiger partial charge in [-0.3, -0.25) is 9.59 Å². The Labute approximate surface area is 409 Å². The van der Waals surface area contributed by atoms with Gasteiger partial charge in [0.2, 0.25) is 0 Å². The number of unbranched alkanes of at least 4 members (excludes halogenated alkanes) is 34. The molecule has 0 spiro atoms. The number of carbonyl (C=O) groups excluding carboxylic acids is 2. The summed E-state index contributed by atoms with van der Waals surface area (Å²) in [6.45, 7) is 4.78. The predicted octanol–water partition coefficient (Wildman–Crippen LogP) is 16.8. The molecule has 66 heavy (non-hydrogen) atoms. The summed E-state index contributed by atoms with van der Waals surface area (Å²) in [6.07, 6.45) is 58.1. The van der Waals surface area contributed by atoms with Gasteiger partial charge in [0.05, 0.1) is 34.4 Å². The van der Waals surface area contributed by atoms with Crippen LogP contribution in [0.1, 0.15) is 277 Å². The maximum absolute atomic E-state index is 12.8. The molecular formula is C58H110NO7+. The molecule has 0 rings (SSSR count). The van der Waals surface area contributed by atoms with Gasteiger partial charge in [-0.2, -0.15) is 0 Å². The van der Waals surface area contributed by atoms with Crippen LogP contribution in [0.25, 0.3) is 0 Å². The fourth-order valence-electron chi connectivity index (χ4n) is 8.67. The van der Waals surface area contributed by atoms with Crippen molar-refractivity contribution >= 4 is 17.9 Å². The number of carboxylic acid groups (broad SMARTS) is 1. The first kappa shape index (κ1) is 63.8. The molecule has 0 saturated heterocycles. The van der Waals surface area contributed by atoms with E-state index in [9.17, 15) is 19.5 Å². The Bertz CT molecular complexity index is 1130. The fraction of sp³-hybridized carbons (Fsp3) is 0.879. The van der Waals surface area contributed by atoms with Gasteiger partial charge in [-0.15, -0.1) is 0 Å². The minimum absolute atomic E-state index is 0.0512. The number of carbonyl (C=O) groups is 3. The Hall–Kier alpha value is -2.19. The summed E-state index contributed by atoms with van der Waals surface area (Å²) in [5, 5.41) is 9.67. The van der Waals surface area contributed by atoms with Gasteiger partial charge >= 0.3 is 17.9 Å². The van der Waals surface area contributed by atoms with Crippen LogP contribution in [0.2, 0.25) is 0 Å². The standard InChI is InChI=1S/C58H109NO7/c1-6-8-10-12-14-16-18-20-22-24-26-27-28-29-31-33-35-37-39-41-43-45-47-49-57(61)66-54(52-64-51-50-55(58(62)63)59(3,4)5)53-65-56(60)48-46-44-42-40-38-36-34-32-30-25-23-21-19-17-15-13-11-9-7-2/h25,29-31,54-55H,6-24,26-28,32-53H2,1-5H3/p+1/b30-25+,31-29+. The highest BCUT2D eigenvalue weighted by molar-refractivity contribution is 5.72. The van der Waals surface area contributed by atoms with Gasteiger partial charge in [0.15, 0.2) is 12.1 Å². The second-order valence-electron chi connectivity index (χ2n) is 20.5. The lowest BCUT2D eigenvalue weighted by Crippen LogP contribution is -2.50. The molecule has 0 aromatic rings. The van der Waals surface area contributed by atoms with Crippen LogP contribution >= 0.6 is 0 Å². The highest BCUT2D eigenvalue weighted by Gasteiger charge is 2.31. The Morgan fingerprint density at radius 3 is 1.09 bits per heavy atom. The van der Waals surface area contributed by atoms with Crippen LogP contribution in [0.3, 0.4) is 0 Å². The lowest BCUT2D eigenvalue weighted by Gasteiger charge is -2.31. The Kier molecular flexibility index (Phi) is 47.6. The molecule has 0 aliphatic heterocycles. The molecule has 2 unspecified atom stereocenters. The summed E-state index contributed by atoms with van der Waals surface area (Å²) >= 11 is 0. The summed E-state index contributed by atoms with van der Waals surface area (Å²) in [5.74, 6) is -1.46. The van der Waals surface area contributed by atoms with Crippen LogP contribution in [0.4, 0.5) is 0 Å². The topological polar surface area (TPSA) is 99.1 Å². The van der Waals surface area contributed by atoms with E-state index in [0.29, 0.717) is 19.3 Å². The Morgan fingerprint density at radius 2 is 0.758 bits per heavy atom. The number of hydrogen-bond donors (Lipinski definition) is 1. The van der Waals surface area contributed by atoms with E-state index < -0.39 is 18.1 Å². The number of likely N-dealkylation sites (N-methyl/N-ethyl adjacent to an activating group) is 1. The molecule has 0 saturated carbocycles. The zero-order valence-electron chi connectivity index (χ0n) is 44.4. The third-order valence-electron chi connectivity index (χ3n) is 13.1. The summed E-state index contributed by atoms with van der Waals surface area (Å²) in [7, 11) is 5.55. The van der Waals surface area contributed by atoms with Crippen molar-refractivity contribution in [1.29, 1.82) is 0 Å². The first-order valence-electron chi connectivity index (χ1n) is 28.4. The highest BCUT2D eigenvalue weighted by atomic mass is 16.6. The SMILES string of the molecule is CCCCCCCCCC/C=C/CCCCCCCCCC(=O)OCC(COCCC(C(=O)O)[N+](C)(C)C)OC(=O)CCCCCCCCC/C=C/CCCCCCCCCCCCCC. The third kappa shape index (κ3) is 46.9. The summed E-state index contributed by atoms with van der Waals surface area (Å²) < 4.78 is 17.4. The Morgan fingerprint density at radius 1 is 0.439 bits per heavy atom. The molecule has 0 radical (unpaired) electrons. The third-order valence-corrected chi connectivity index (χ3v) is 13.1. The molecule has 8 heteroatoms. The molecular weight excluding hydrogens is 823 g/mol. The number of hydrogen-bond acceptors (Lipinski definition) is 6. The predicted molar refractivity (Wildman–Crippen MR) is 280 cm³/mol. The molecule has 0 bridgehead atoms. The van der Waals surface area contributed by atoms with Crippen LogP contribution in [0.5, 0.6) is 0 Å². The van der Waals surface area contributed by atoms with E-state index in [0.717, 1.165) is 38.5 Å². The molecule has 0 amide bonds. The number of rotatable bonds is 52. The highest BCUT2D eigenvalue weighted by Crippen LogP contribution is 2.16. The number of carboxylic acids is 1. The van der Waals surface area contributed by atoms with Gasteiger partial charge in [-0.1, -0.05) is 218 Å². The van der Waals surface area contributed by atoms with Crippen molar-refractivity contribution < 1.29 is 38.2 Å². The maximum Gasteiger partial charge on any atom is 0.362 e. The van der Waals surface area contributed by atoms with Crippen molar-refractivity contribution in [2.45, 2.75) is 289 Å². The summed E-state index contributed by atoms with van der Waals surface area (Å²) in [6, 6.07) is -0.615. The maximum atomic E-state index is 12.8. The zero-order chi connectivity index (χ0) is 48.4. The molecule has 0 aliphatic carbocycles. The van der Waals surface area contributed by atoms with Gasteiger partial charge in [0.1, 0.15) is 6.61 Å². The van der Waals surface area contributed by atoms with Gasteiger partial charge in [0.25, 0.3) is 0 Å². The van der Waals surface area contributed by atoms with E-state index in [1.54, 1.807) is 0 Å². The first-order valence-corrected chi connectivity index (χ1v) is 28.4. The molecule has 0 aromatic heterocycles.